The van der Waals surface area contributed by atoms with E-state index in [0.29, 0.717) is 40.7 Å². The van der Waals surface area contributed by atoms with Crippen LogP contribution in [0.2, 0.25) is 0 Å². The van der Waals surface area contributed by atoms with Crippen LogP contribution in [0, 0.1) is 6.92 Å². The van der Waals surface area contributed by atoms with Gasteiger partial charge in [-0.1, -0.05) is 29.8 Å². The van der Waals surface area contributed by atoms with Crippen LogP contribution in [-0.2, 0) is 0 Å². The number of rotatable bonds is 8. The molecule has 0 fully saturated rings. The Morgan fingerprint density at radius 2 is 1.39 bits per heavy atom. The van der Waals surface area contributed by atoms with Crippen LogP contribution in [0.15, 0.2) is 59.7 Å². The van der Waals surface area contributed by atoms with E-state index in [4.69, 9.17) is 28.8 Å². The molecule has 0 saturated heterocycles. The van der Waals surface area contributed by atoms with Crippen LogP contribution in [0.5, 0.6) is 28.7 Å². The number of amides is 1. The first-order valence-electron chi connectivity index (χ1n) is 11.4. The lowest BCUT2D eigenvalue weighted by Crippen LogP contribution is -2.27. The van der Waals surface area contributed by atoms with Crippen LogP contribution in [0.3, 0.4) is 0 Å². The van der Waals surface area contributed by atoms with Crippen LogP contribution in [0.25, 0.3) is 0 Å². The maximum atomic E-state index is 13.9. The normalized spacial score (nSPS) is 14.8. The molecule has 0 aromatic heterocycles. The molecule has 3 aromatic carbocycles. The Balaban J connectivity index is 1.79. The van der Waals surface area contributed by atoms with E-state index in [1.165, 1.54) is 26.3 Å². The third-order valence-electron chi connectivity index (χ3n) is 6.21. The van der Waals surface area contributed by atoms with Gasteiger partial charge in [0.15, 0.2) is 23.0 Å². The minimum atomic E-state index is -0.291. The second-order valence-electron chi connectivity index (χ2n) is 8.31. The second-order valence-corrected chi connectivity index (χ2v) is 8.31. The average molecular weight is 491 g/mol. The summed E-state index contributed by atoms with van der Waals surface area (Å²) in [5.41, 5.74) is 4.12. The zero-order chi connectivity index (χ0) is 25.8. The van der Waals surface area contributed by atoms with Gasteiger partial charge in [0.25, 0.3) is 5.91 Å². The Morgan fingerprint density at radius 1 is 0.778 bits per heavy atom. The maximum Gasteiger partial charge on any atom is 0.274 e. The topological polar surface area (TPSA) is 78.8 Å². The fourth-order valence-electron chi connectivity index (χ4n) is 4.27. The van der Waals surface area contributed by atoms with Gasteiger partial charge in [-0.15, -0.1) is 0 Å². The van der Waals surface area contributed by atoms with Gasteiger partial charge in [0.05, 0.1) is 47.3 Å². The highest BCUT2D eigenvalue weighted by atomic mass is 16.5. The van der Waals surface area contributed by atoms with Gasteiger partial charge in [-0.2, -0.15) is 5.10 Å². The number of ether oxygens (including phenoxy) is 5. The summed E-state index contributed by atoms with van der Waals surface area (Å²) >= 11 is 0. The molecule has 36 heavy (non-hydrogen) atoms. The van der Waals surface area contributed by atoms with Crippen molar-refractivity contribution in [2.24, 2.45) is 5.10 Å². The number of benzene rings is 3. The van der Waals surface area contributed by atoms with Crippen LogP contribution < -0.4 is 23.7 Å². The van der Waals surface area contributed by atoms with Gasteiger partial charge in [-0.05, 0) is 42.8 Å². The highest BCUT2D eigenvalue weighted by Gasteiger charge is 2.35. The molecule has 1 aliphatic heterocycles. The fourth-order valence-corrected chi connectivity index (χ4v) is 4.27. The van der Waals surface area contributed by atoms with E-state index in [2.05, 4.69) is 0 Å². The molecule has 1 aliphatic rings. The summed E-state index contributed by atoms with van der Waals surface area (Å²) in [6.45, 7) is 2.03. The summed E-state index contributed by atoms with van der Waals surface area (Å²) in [5.74, 6) is 2.16. The van der Waals surface area contributed by atoms with Crippen molar-refractivity contribution in [1.82, 2.24) is 5.01 Å². The predicted molar refractivity (Wildman–Crippen MR) is 137 cm³/mol. The molecule has 0 bridgehead atoms. The second kappa shape index (κ2) is 10.6. The van der Waals surface area contributed by atoms with Crippen LogP contribution in [-0.4, -0.2) is 52.2 Å². The molecule has 0 spiro atoms. The molecule has 8 heteroatoms. The zero-order valence-electron chi connectivity index (χ0n) is 21.3. The molecule has 1 amide bonds. The van der Waals surface area contributed by atoms with E-state index in [1.807, 2.05) is 49.4 Å². The van der Waals surface area contributed by atoms with Crippen molar-refractivity contribution in [3.05, 3.63) is 76.9 Å². The summed E-state index contributed by atoms with van der Waals surface area (Å²) in [7, 11) is 7.74. The lowest BCUT2D eigenvalue weighted by atomic mass is 9.97. The Kier molecular flexibility index (Phi) is 7.33. The lowest BCUT2D eigenvalue weighted by molar-refractivity contribution is 0.0710. The molecular formula is C28H30N2O6. The molecule has 0 aliphatic carbocycles. The first kappa shape index (κ1) is 24.9. The number of hydrogen-bond donors (Lipinski definition) is 0. The quantitative estimate of drug-likeness (QED) is 0.441. The van der Waals surface area contributed by atoms with Crippen molar-refractivity contribution in [2.75, 3.05) is 35.5 Å². The van der Waals surface area contributed by atoms with Gasteiger partial charge in [0, 0.05) is 17.5 Å². The number of hydrazone groups is 1. The Hall–Kier alpha value is -4.20. The summed E-state index contributed by atoms with van der Waals surface area (Å²) in [5, 5.41) is 6.32. The number of methoxy groups -OCH3 is 5. The van der Waals surface area contributed by atoms with Gasteiger partial charge in [-0.25, -0.2) is 5.01 Å². The van der Waals surface area contributed by atoms with Crippen molar-refractivity contribution >= 4 is 11.6 Å². The van der Waals surface area contributed by atoms with Gasteiger partial charge in [0.2, 0.25) is 5.75 Å². The third kappa shape index (κ3) is 4.66. The van der Waals surface area contributed by atoms with Crippen molar-refractivity contribution in [3.63, 3.8) is 0 Å². The maximum absolute atomic E-state index is 13.9. The van der Waals surface area contributed by atoms with Crippen molar-refractivity contribution in [3.8, 4) is 28.7 Å². The van der Waals surface area contributed by atoms with E-state index >= 15 is 0 Å². The van der Waals surface area contributed by atoms with Gasteiger partial charge >= 0.3 is 0 Å². The van der Waals surface area contributed by atoms with E-state index in [9.17, 15) is 4.79 Å². The first-order chi connectivity index (χ1) is 17.4. The minimum absolute atomic E-state index is 0.282. The Bertz CT molecular complexity index is 1260. The number of aryl methyl sites for hydroxylation is 1. The van der Waals surface area contributed by atoms with Gasteiger partial charge < -0.3 is 23.7 Å². The fraction of sp³-hybridized carbons (Fsp3) is 0.286. The molecule has 4 rings (SSSR count). The van der Waals surface area contributed by atoms with E-state index in [-0.39, 0.29) is 11.9 Å². The molecule has 1 heterocycles. The number of carbonyl (C=O) groups is 1. The summed E-state index contributed by atoms with van der Waals surface area (Å²) in [4.78, 5) is 13.9. The predicted octanol–water partition coefficient (Wildman–Crippen LogP) is 5.03. The number of nitrogens with zero attached hydrogens (tertiary/aromatic N) is 2. The summed E-state index contributed by atoms with van der Waals surface area (Å²) in [6, 6.07) is 16.7. The van der Waals surface area contributed by atoms with Gasteiger partial charge in [-0.3, -0.25) is 4.79 Å². The van der Waals surface area contributed by atoms with Gasteiger partial charge in [0.1, 0.15) is 0 Å². The molecular weight excluding hydrogens is 460 g/mol. The summed E-state index contributed by atoms with van der Waals surface area (Å²) in [6.07, 6.45) is 0.536. The van der Waals surface area contributed by atoms with E-state index in [0.717, 1.165) is 22.4 Å². The van der Waals surface area contributed by atoms with Crippen LogP contribution >= 0.6 is 0 Å². The summed E-state index contributed by atoms with van der Waals surface area (Å²) < 4.78 is 27.2. The molecule has 1 atom stereocenters. The van der Waals surface area contributed by atoms with E-state index in [1.54, 1.807) is 26.4 Å². The first-order valence-corrected chi connectivity index (χ1v) is 11.4. The standard InChI is InChI=1S/C28H30N2O6/c1-17-7-9-18(10-8-17)22-16-21(19-11-12-23(32-2)24(13-19)33-3)29-30(22)28(31)20-14-25(34-4)27(36-6)26(15-20)35-5/h7-15,22H,16H2,1-6H3. The molecule has 0 N–H and O–H groups in total. The van der Waals surface area contributed by atoms with E-state index < -0.39 is 0 Å². The highest BCUT2D eigenvalue weighted by Crippen LogP contribution is 2.41. The van der Waals surface area contributed by atoms with Crippen molar-refractivity contribution in [1.29, 1.82) is 0 Å². The SMILES string of the molecule is COc1ccc(C2=NN(C(=O)c3cc(OC)c(OC)c(OC)c3)C(c3ccc(C)cc3)C2)cc1OC. The average Bonchev–Trinajstić information content (AvgIpc) is 3.37. The Morgan fingerprint density at radius 3 is 1.94 bits per heavy atom. The van der Waals surface area contributed by atoms with Crippen LogP contribution in [0.4, 0.5) is 0 Å². The zero-order valence-corrected chi connectivity index (χ0v) is 21.3. The largest absolute Gasteiger partial charge is 0.493 e. The number of hydrogen-bond acceptors (Lipinski definition) is 7. The smallest absolute Gasteiger partial charge is 0.274 e. The molecule has 8 nitrogen and oxygen atoms in total. The van der Waals surface area contributed by atoms with Crippen molar-refractivity contribution in [2.45, 2.75) is 19.4 Å². The lowest BCUT2D eigenvalue weighted by Gasteiger charge is -2.23. The molecule has 188 valence electrons. The molecule has 3 aromatic rings. The Labute approximate surface area is 211 Å². The number of carbonyl (C=O) groups excluding carboxylic acids is 1. The third-order valence-corrected chi connectivity index (χ3v) is 6.21. The van der Waals surface area contributed by atoms with Crippen molar-refractivity contribution < 1.29 is 28.5 Å². The molecule has 0 saturated carbocycles. The molecule has 0 radical (unpaired) electrons. The monoisotopic (exact) mass is 490 g/mol. The minimum Gasteiger partial charge on any atom is -0.493 e. The van der Waals surface area contributed by atoms with Crippen LogP contribution in [0.1, 0.15) is 39.5 Å². The molecule has 1 unspecified atom stereocenters. The highest BCUT2D eigenvalue weighted by molar-refractivity contribution is 6.05.